The fraction of sp³-hybridized carbons (Fsp3) is 0.655. The van der Waals surface area contributed by atoms with Crippen LogP contribution in [-0.4, -0.2) is 35.9 Å². The van der Waals surface area contributed by atoms with Crippen molar-refractivity contribution in [3.05, 3.63) is 48.0 Å². The maximum absolute atomic E-state index is 13.2. The summed E-state index contributed by atoms with van der Waals surface area (Å²) in [5.41, 5.74) is -0.0714. The molecule has 0 radical (unpaired) electrons. The first-order chi connectivity index (χ1) is 16.1. The van der Waals surface area contributed by atoms with E-state index in [2.05, 4.69) is 32.9 Å². The highest BCUT2D eigenvalue weighted by molar-refractivity contribution is 5.89. The fourth-order valence-electron chi connectivity index (χ4n) is 8.72. The molecule has 34 heavy (non-hydrogen) atoms. The van der Waals surface area contributed by atoms with E-state index in [1.807, 2.05) is 18.2 Å². The molecule has 0 aliphatic heterocycles. The molecule has 4 aliphatic carbocycles. The first kappa shape index (κ1) is 23.6. The van der Waals surface area contributed by atoms with Crippen LogP contribution in [0.4, 0.5) is 0 Å². The number of ether oxygens (including phenoxy) is 2. The predicted molar refractivity (Wildman–Crippen MR) is 129 cm³/mol. The zero-order valence-corrected chi connectivity index (χ0v) is 20.8. The van der Waals surface area contributed by atoms with Gasteiger partial charge in [0.1, 0.15) is 6.10 Å². The number of aliphatic hydroxyl groups excluding tert-OH is 1. The Hall–Kier alpha value is -2.14. The van der Waals surface area contributed by atoms with Gasteiger partial charge in [0.05, 0.1) is 18.3 Å². The average molecular weight is 467 g/mol. The SMILES string of the molecule is CC(=O)OC[C@@]1(C)CCC[C@]2(C)C1CC[C@@]13C2C=C[C@@H]([C@@H](C)[C@H]1OC(=O)c1ccccc1)[C@H]3O. The van der Waals surface area contributed by atoms with Crippen molar-refractivity contribution in [1.82, 2.24) is 0 Å². The molecule has 1 spiro atoms. The molecular weight excluding hydrogens is 428 g/mol. The second kappa shape index (κ2) is 8.22. The Labute approximate surface area is 202 Å². The molecule has 1 aromatic carbocycles. The third-order valence-electron chi connectivity index (χ3n) is 10.2. The summed E-state index contributed by atoms with van der Waals surface area (Å²) in [6.07, 6.45) is 8.60. The minimum Gasteiger partial charge on any atom is -0.465 e. The van der Waals surface area contributed by atoms with E-state index in [9.17, 15) is 14.7 Å². The average Bonchev–Trinajstić information content (AvgIpc) is 2.91. The van der Waals surface area contributed by atoms with E-state index in [1.165, 1.54) is 6.92 Å². The van der Waals surface area contributed by atoms with Gasteiger partial charge in [-0.25, -0.2) is 4.79 Å². The second-order valence-corrected chi connectivity index (χ2v) is 11.9. The maximum atomic E-state index is 13.2. The standard InChI is InChI=1S/C29H38O5/c1-18-21-11-12-23-28(4)15-8-14-27(3,17-33-19(2)30)22(28)13-16-29(23,24(21)31)25(18)34-26(32)20-9-6-5-7-10-20/h5-7,9-12,18,21-25,31H,8,13-17H2,1-4H3/t18-,21+,22?,23?,24-,25-,27-,28-,29+/m1/s1. The summed E-state index contributed by atoms with van der Waals surface area (Å²) in [6, 6.07) is 9.17. The summed E-state index contributed by atoms with van der Waals surface area (Å²) in [4.78, 5) is 24.8. The van der Waals surface area contributed by atoms with E-state index in [-0.39, 0.29) is 46.6 Å². The topological polar surface area (TPSA) is 72.8 Å². The molecule has 3 fully saturated rings. The zero-order valence-electron chi connectivity index (χ0n) is 20.8. The van der Waals surface area contributed by atoms with Gasteiger partial charge in [-0.15, -0.1) is 0 Å². The van der Waals surface area contributed by atoms with Crippen molar-refractivity contribution in [2.75, 3.05) is 6.61 Å². The Morgan fingerprint density at radius 1 is 1.09 bits per heavy atom. The molecule has 3 saturated carbocycles. The van der Waals surface area contributed by atoms with E-state index in [0.717, 1.165) is 32.1 Å². The predicted octanol–water partition coefficient (Wildman–Crippen LogP) is 5.18. The quantitative estimate of drug-likeness (QED) is 0.489. The summed E-state index contributed by atoms with van der Waals surface area (Å²) in [6.45, 7) is 8.68. The molecule has 184 valence electrons. The van der Waals surface area contributed by atoms with Crippen LogP contribution in [0.3, 0.4) is 0 Å². The highest BCUT2D eigenvalue weighted by atomic mass is 16.5. The van der Waals surface area contributed by atoms with Crippen LogP contribution in [-0.2, 0) is 14.3 Å². The molecule has 1 N–H and O–H groups in total. The van der Waals surface area contributed by atoms with Crippen LogP contribution < -0.4 is 0 Å². The van der Waals surface area contributed by atoms with Crippen molar-refractivity contribution in [2.24, 2.45) is 39.9 Å². The second-order valence-electron chi connectivity index (χ2n) is 11.9. The van der Waals surface area contributed by atoms with E-state index in [1.54, 1.807) is 12.1 Å². The summed E-state index contributed by atoms with van der Waals surface area (Å²) < 4.78 is 11.9. The number of fused-ring (bicyclic) bond motifs is 3. The van der Waals surface area contributed by atoms with E-state index >= 15 is 0 Å². The largest absolute Gasteiger partial charge is 0.465 e. The number of allylic oxidation sites excluding steroid dienone is 1. The molecule has 0 amide bonds. The van der Waals surface area contributed by atoms with Gasteiger partial charge in [0.25, 0.3) is 0 Å². The number of rotatable bonds is 4. The lowest BCUT2D eigenvalue weighted by Gasteiger charge is -2.64. The number of carbonyl (C=O) groups excluding carboxylic acids is 2. The van der Waals surface area contributed by atoms with Crippen LogP contribution in [0.2, 0.25) is 0 Å². The van der Waals surface area contributed by atoms with Gasteiger partial charge in [0.15, 0.2) is 0 Å². The normalized spacial score (nSPS) is 44.6. The van der Waals surface area contributed by atoms with Crippen LogP contribution in [0.5, 0.6) is 0 Å². The molecule has 4 aliphatic rings. The molecule has 5 rings (SSSR count). The van der Waals surface area contributed by atoms with Gasteiger partial charge < -0.3 is 14.6 Å². The van der Waals surface area contributed by atoms with Gasteiger partial charge in [-0.3, -0.25) is 4.79 Å². The highest BCUT2D eigenvalue weighted by Gasteiger charge is 2.71. The summed E-state index contributed by atoms with van der Waals surface area (Å²) in [7, 11) is 0. The third kappa shape index (κ3) is 3.30. The Morgan fingerprint density at radius 2 is 1.82 bits per heavy atom. The van der Waals surface area contributed by atoms with Gasteiger partial charge in [-0.2, -0.15) is 0 Å². The Balaban J connectivity index is 1.50. The number of benzene rings is 1. The van der Waals surface area contributed by atoms with Crippen LogP contribution in [0.25, 0.3) is 0 Å². The Kier molecular flexibility index (Phi) is 5.70. The van der Waals surface area contributed by atoms with Crippen LogP contribution in [0.15, 0.2) is 42.5 Å². The number of hydrogen-bond acceptors (Lipinski definition) is 5. The first-order valence-electron chi connectivity index (χ1n) is 12.9. The third-order valence-corrected chi connectivity index (χ3v) is 10.2. The van der Waals surface area contributed by atoms with E-state index in [0.29, 0.717) is 18.1 Å². The monoisotopic (exact) mass is 466 g/mol. The minimum atomic E-state index is -0.523. The number of carbonyl (C=O) groups is 2. The molecule has 1 aromatic rings. The number of hydrogen-bond donors (Lipinski definition) is 1. The molecule has 9 atom stereocenters. The Morgan fingerprint density at radius 3 is 2.53 bits per heavy atom. The van der Waals surface area contributed by atoms with Crippen molar-refractivity contribution in [2.45, 2.75) is 72.0 Å². The lowest BCUT2D eigenvalue weighted by Crippen LogP contribution is -2.62. The molecule has 5 heteroatoms. The van der Waals surface area contributed by atoms with Crippen molar-refractivity contribution in [3.63, 3.8) is 0 Å². The molecule has 2 unspecified atom stereocenters. The maximum Gasteiger partial charge on any atom is 0.338 e. The van der Waals surface area contributed by atoms with Gasteiger partial charge >= 0.3 is 11.9 Å². The summed E-state index contributed by atoms with van der Waals surface area (Å²) >= 11 is 0. The van der Waals surface area contributed by atoms with Crippen molar-refractivity contribution in [1.29, 1.82) is 0 Å². The molecule has 2 bridgehead atoms. The highest BCUT2D eigenvalue weighted by Crippen LogP contribution is 2.71. The van der Waals surface area contributed by atoms with Gasteiger partial charge in [-0.1, -0.05) is 57.5 Å². The zero-order chi connectivity index (χ0) is 24.3. The lowest BCUT2D eigenvalue weighted by molar-refractivity contribution is -0.193. The summed E-state index contributed by atoms with van der Waals surface area (Å²) in [5.74, 6) is 0.00937. The molecule has 0 saturated heterocycles. The van der Waals surface area contributed by atoms with E-state index in [4.69, 9.17) is 9.47 Å². The van der Waals surface area contributed by atoms with Gasteiger partial charge in [0.2, 0.25) is 0 Å². The Bertz CT molecular complexity index is 987. The molecule has 5 nitrogen and oxygen atoms in total. The van der Waals surface area contributed by atoms with E-state index < -0.39 is 11.5 Å². The van der Waals surface area contributed by atoms with Crippen molar-refractivity contribution < 1.29 is 24.2 Å². The lowest BCUT2D eigenvalue weighted by atomic mass is 9.41. The molecular formula is C29H38O5. The fourth-order valence-corrected chi connectivity index (χ4v) is 8.72. The van der Waals surface area contributed by atoms with Gasteiger partial charge in [-0.05, 0) is 55.1 Å². The number of esters is 2. The van der Waals surface area contributed by atoms with Crippen LogP contribution in [0, 0.1) is 39.9 Å². The summed E-state index contributed by atoms with van der Waals surface area (Å²) in [5, 5.41) is 11.7. The molecule has 0 heterocycles. The van der Waals surface area contributed by atoms with Crippen LogP contribution in [0.1, 0.15) is 70.2 Å². The van der Waals surface area contributed by atoms with Gasteiger partial charge in [0, 0.05) is 29.6 Å². The van der Waals surface area contributed by atoms with Crippen molar-refractivity contribution >= 4 is 11.9 Å². The molecule has 0 aromatic heterocycles. The number of aliphatic hydroxyl groups is 1. The first-order valence-corrected chi connectivity index (χ1v) is 12.9. The van der Waals surface area contributed by atoms with Crippen molar-refractivity contribution in [3.8, 4) is 0 Å². The smallest absolute Gasteiger partial charge is 0.338 e. The minimum absolute atomic E-state index is 0.000920. The van der Waals surface area contributed by atoms with Crippen LogP contribution >= 0.6 is 0 Å².